The summed E-state index contributed by atoms with van der Waals surface area (Å²) < 4.78 is 0. The van der Waals surface area contributed by atoms with Crippen LogP contribution in [0.4, 0.5) is 5.69 Å². The normalized spacial score (nSPS) is 27.3. The largest absolute Gasteiger partial charge is 0.399 e. The third-order valence-electron chi connectivity index (χ3n) is 4.22. The van der Waals surface area contributed by atoms with Crippen LogP contribution in [-0.4, -0.2) is 23.4 Å². The molecule has 0 aliphatic carbocycles. The number of amides is 1. The summed E-state index contributed by atoms with van der Waals surface area (Å²) in [6, 6.07) is 7.95. The van der Waals surface area contributed by atoms with Gasteiger partial charge in [0, 0.05) is 18.3 Å². The first kappa shape index (κ1) is 13.9. The van der Waals surface area contributed by atoms with Crippen LogP contribution >= 0.6 is 0 Å². The van der Waals surface area contributed by atoms with Gasteiger partial charge in [-0.1, -0.05) is 26.0 Å². The minimum atomic E-state index is 0.219. The third-order valence-corrected chi connectivity index (χ3v) is 4.22. The van der Waals surface area contributed by atoms with Crippen LogP contribution < -0.4 is 5.73 Å². The Morgan fingerprint density at radius 1 is 1.37 bits per heavy atom. The average Bonchev–Trinajstić information content (AvgIpc) is 2.33. The molecule has 3 unspecified atom stereocenters. The standard InChI is InChI=1S/C16H24N2O/c1-11-7-12(2)13(3)18(10-11)16(19)9-14-5-4-6-15(17)8-14/h4-6,8,11-13H,7,9-10,17H2,1-3H3. The van der Waals surface area contributed by atoms with Crippen LogP contribution in [0.25, 0.3) is 0 Å². The van der Waals surface area contributed by atoms with Crippen molar-refractivity contribution in [2.45, 2.75) is 39.7 Å². The first-order chi connectivity index (χ1) is 8.97. The van der Waals surface area contributed by atoms with E-state index in [4.69, 9.17) is 5.73 Å². The van der Waals surface area contributed by atoms with Crippen LogP contribution in [0.15, 0.2) is 24.3 Å². The van der Waals surface area contributed by atoms with Crippen LogP contribution in [0, 0.1) is 11.8 Å². The zero-order valence-electron chi connectivity index (χ0n) is 12.1. The van der Waals surface area contributed by atoms with Gasteiger partial charge in [0.25, 0.3) is 0 Å². The Hall–Kier alpha value is -1.51. The van der Waals surface area contributed by atoms with Crippen molar-refractivity contribution in [2.24, 2.45) is 11.8 Å². The summed E-state index contributed by atoms with van der Waals surface area (Å²) in [7, 11) is 0. The zero-order chi connectivity index (χ0) is 14.0. The summed E-state index contributed by atoms with van der Waals surface area (Å²) in [6.45, 7) is 7.50. The number of anilines is 1. The molecular formula is C16H24N2O. The molecule has 1 heterocycles. The Bertz CT molecular complexity index is 458. The van der Waals surface area contributed by atoms with Gasteiger partial charge in [-0.2, -0.15) is 0 Å². The molecule has 0 aromatic heterocycles. The van der Waals surface area contributed by atoms with Crippen molar-refractivity contribution < 1.29 is 4.79 Å². The Labute approximate surface area is 115 Å². The second-order valence-corrected chi connectivity index (χ2v) is 6.03. The van der Waals surface area contributed by atoms with E-state index in [1.807, 2.05) is 29.2 Å². The summed E-state index contributed by atoms with van der Waals surface area (Å²) in [5, 5.41) is 0. The van der Waals surface area contributed by atoms with E-state index < -0.39 is 0 Å². The molecule has 1 fully saturated rings. The van der Waals surface area contributed by atoms with E-state index in [2.05, 4.69) is 20.8 Å². The van der Waals surface area contributed by atoms with Gasteiger partial charge in [-0.05, 0) is 42.9 Å². The smallest absolute Gasteiger partial charge is 0.227 e. The molecule has 1 aliphatic heterocycles. The van der Waals surface area contributed by atoms with Crippen molar-refractivity contribution in [3.05, 3.63) is 29.8 Å². The van der Waals surface area contributed by atoms with Crippen molar-refractivity contribution in [3.63, 3.8) is 0 Å². The van der Waals surface area contributed by atoms with Gasteiger partial charge >= 0.3 is 0 Å². The van der Waals surface area contributed by atoms with Gasteiger partial charge in [0.2, 0.25) is 5.91 Å². The second kappa shape index (κ2) is 5.64. The Balaban J connectivity index is 2.06. The first-order valence-corrected chi connectivity index (χ1v) is 7.11. The van der Waals surface area contributed by atoms with Crippen molar-refractivity contribution in [3.8, 4) is 0 Å². The van der Waals surface area contributed by atoms with Gasteiger partial charge in [0.05, 0.1) is 6.42 Å². The number of rotatable bonds is 2. The van der Waals surface area contributed by atoms with Crippen LogP contribution in [0.1, 0.15) is 32.8 Å². The van der Waals surface area contributed by atoms with Crippen LogP contribution in [-0.2, 0) is 11.2 Å². The predicted molar refractivity (Wildman–Crippen MR) is 78.7 cm³/mol. The fraction of sp³-hybridized carbons (Fsp3) is 0.562. The monoisotopic (exact) mass is 260 g/mol. The summed E-state index contributed by atoms with van der Waals surface area (Å²) in [5.74, 6) is 1.39. The summed E-state index contributed by atoms with van der Waals surface area (Å²) >= 11 is 0. The van der Waals surface area contributed by atoms with Gasteiger partial charge in [0.15, 0.2) is 0 Å². The Morgan fingerprint density at radius 3 is 2.79 bits per heavy atom. The highest BCUT2D eigenvalue weighted by molar-refractivity contribution is 5.79. The first-order valence-electron chi connectivity index (χ1n) is 7.11. The maximum absolute atomic E-state index is 12.5. The summed E-state index contributed by atoms with van der Waals surface area (Å²) in [4.78, 5) is 14.5. The molecule has 1 aromatic carbocycles. The second-order valence-electron chi connectivity index (χ2n) is 6.03. The molecule has 19 heavy (non-hydrogen) atoms. The Morgan fingerprint density at radius 2 is 2.11 bits per heavy atom. The molecule has 104 valence electrons. The fourth-order valence-electron chi connectivity index (χ4n) is 3.02. The van der Waals surface area contributed by atoms with E-state index in [-0.39, 0.29) is 5.91 Å². The van der Waals surface area contributed by atoms with E-state index in [0.29, 0.717) is 24.3 Å². The molecule has 1 aromatic rings. The molecule has 1 aliphatic rings. The lowest BCUT2D eigenvalue weighted by molar-refractivity contribution is -0.136. The van der Waals surface area contributed by atoms with E-state index in [1.54, 1.807) is 0 Å². The summed E-state index contributed by atoms with van der Waals surface area (Å²) in [5.41, 5.74) is 7.48. The number of piperidine rings is 1. The third kappa shape index (κ3) is 3.28. The quantitative estimate of drug-likeness (QED) is 0.831. The summed E-state index contributed by atoms with van der Waals surface area (Å²) in [6.07, 6.45) is 1.66. The minimum Gasteiger partial charge on any atom is -0.399 e. The van der Waals surface area contributed by atoms with E-state index >= 15 is 0 Å². The predicted octanol–water partition coefficient (Wildman–Crippen LogP) is 2.70. The highest BCUT2D eigenvalue weighted by Gasteiger charge is 2.31. The van der Waals surface area contributed by atoms with Gasteiger partial charge in [-0.15, -0.1) is 0 Å². The molecule has 0 radical (unpaired) electrons. The number of nitrogen functional groups attached to an aromatic ring is 1. The molecule has 2 N–H and O–H groups in total. The molecule has 0 saturated carbocycles. The fourth-order valence-corrected chi connectivity index (χ4v) is 3.02. The highest BCUT2D eigenvalue weighted by Crippen LogP contribution is 2.27. The number of hydrogen-bond acceptors (Lipinski definition) is 2. The maximum Gasteiger partial charge on any atom is 0.227 e. The maximum atomic E-state index is 12.5. The topological polar surface area (TPSA) is 46.3 Å². The molecule has 3 atom stereocenters. The van der Waals surface area contributed by atoms with E-state index in [0.717, 1.165) is 17.8 Å². The van der Waals surface area contributed by atoms with Crippen molar-refractivity contribution >= 4 is 11.6 Å². The van der Waals surface area contributed by atoms with E-state index in [9.17, 15) is 4.79 Å². The van der Waals surface area contributed by atoms with Crippen molar-refractivity contribution in [2.75, 3.05) is 12.3 Å². The SMILES string of the molecule is CC1CC(C)C(C)N(C(=O)Cc2cccc(N)c2)C1. The lowest BCUT2D eigenvalue weighted by Crippen LogP contribution is -2.49. The number of nitrogens with two attached hydrogens (primary N) is 1. The molecule has 3 nitrogen and oxygen atoms in total. The molecule has 1 saturated heterocycles. The number of carbonyl (C=O) groups excluding carboxylic acids is 1. The number of carbonyl (C=O) groups is 1. The number of hydrogen-bond donors (Lipinski definition) is 1. The van der Waals surface area contributed by atoms with Crippen LogP contribution in [0.2, 0.25) is 0 Å². The van der Waals surface area contributed by atoms with Crippen LogP contribution in [0.5, 0.6) is 0 Å². The molecule has 0 spiro atoms. The lowest BCUT2D eigenvalue weighted by atomic mass is 9.85. The number of likely N-dealkylation sites (tertiary alicyclic amines) is 1. The zero-order valence-corrected chi connectivity index (χ0v) is 12.1. The molecular weight excluding hydrogens is 236 g/mol. The van der Waals surface area contributed by atoms with Crippen molar-refractivity contribution in [1.82, 2.24) is 4.90 Å². The van der Waals surface area contributed by atoms with Gasteiger partial charge in [-0.25, -0.2) is 0 Å². The van der Waals surface area contributed by atoms with E-state index in [1.165, 1.54) is 6.42 Å². The Kier molecular flexibility index (Phi) is 4.13. The van der Waals surface area contributed by atoms with Gasteiger partial charge in [0.1, 0.15) is 0 Å². The van der Waals surface area contributed by atoms with Gasteiger partial charge in [-0.3, -0.25) is 4.79 Å². The lowest BCUT2D eigenvalue weighted by Gasteiger charge is -2.41. The van der Waals surface area contributed by atoms with Crippen molar-refractivity contribution in [1.29, 1.82) is 0 Å². The number of nitrogens with zero attached hydrogens (tertiary/aromatic N) is 1. The molecule has 2 rings (SSSR count). The molecule has 1 amide bonds. The average molecular weight is 260 g/mol. The van der Waals surface area contributed by atoms with Gasteiger partial charge < -0.3 is 10.6 Å². The number of benzene rings is 1. The highest BCUT2D eigenvalue weighted by atomic mass is 16.2. The molecule has 0 bridgehead atoms. The molecule has 3 heteroatoms. The van der Waals surface area contributed by atoms with Crippen LogP contribution in [0.3, 0.4) is 0 Å². The minimum absolute atomic E-state index is 0.219.